The Hall–Kier alpha value is -3.00. The summed E-state index contributed by atoms with van der Waals surface area (Å²) in [7, 11) is 0. The number of ether oxygens (including phenoxy) is 5. The maximum atomic E-state index is 14.9. The normalized spacial score (nSPS) is 23.4. The third kappa shape index (κ3) is 8.00. The Labute approximate surface area is 265 Å². The second-order valence-electron chi connectivity index (χ2n) is 9.65. The van der Waals surface area contributed by atoms with Gasteiger partial charge in [-0.25, -0.2) is 0 Å². The van der Waals surface area contributed by atoms with Crippen LogP contribution in [0, 0.1) is 0 Å². The fourth-order valence-electron chi connectivity index (χ4n) is 3.65. The smallest absolute Gasteiger partial charge is 0.460 e. The van der Waals surface area contributed by atoms with Gasteiger partial charge in [-0.3, -0.25) is 19.2 Å². The fourth-order valence-corrected chi connectivity index (χ4v) is 4.76. The van der Waals surface area contributed by atoms with Crippen LogP contribution in [-0.4, -0.2) is 107 Å². The highest BCUT2D eigenvalue weighted by Gasteiger charge is 2.95. The standard InChI is InChI=1S/C22H19F17O9S/c1-6(40)44-5-10-11(45-7(2)41)12(46-8(3)42)13(47-9(4)43)14(48-10)49-22(38,39)20(33,34)18(29,30)16(25,26)15(23,24)17(27,28)19(31,32)21(35,36)37/h10-14H,5H2,1-4H3/t10-,11+,12+,13-,14+/m1/s1. The van der Waals surface area contributed by atoms with E-state index in [1.54, 1.807) is 0 Å². The molecule has 0 aromatic rings. The molecule has 0 amide bonds. The molecule has 0 radical (unpaired) electrons. The number of hydrogen-bond donors (Lipinski definition) is 0. The third-order valence-corrected chi connectivity index (χ3v) is 7.07. The Morgan fingerprint density at radius 1 is 0.510 bits per heavy atom. The molecule has 5 atom stereocenters. The van der Waals surface area contributed by atoms with Gasteiger partial charge >= 0.3 is 70.8 Å². The van der Waals surface area contributed by atoms with Crippen molar-refractivity contribution in [2.24, 2.45) is 0 Å². The Balaban J connectivity index is 3.85. The van der Waals surface area contributed by atoms with Crippen LogP contribution in [0.5, 0.6) is 0 Å². The van der Waals surface area contributed by atoms with Gasteiger partial charge in [0, 0.05) is 27.7 Å². The van der Waals surface area contributed by atoms with E-state index in [0.717, 1.165) is 0 Å². The van der Waals surface area contributed by atoms with Crippen molar-refractivity contribution in [3.05, 3.63) is 0 Å². The monoisotopic (exact) mass is 782 g/mol. The average molecular weight is 782 g/mol. The van der Waals surface area contributed by atoms with Crippen LogP contribution in [0.1, 0.15) is 27.7 Å². The van der Waals surface area contributed by atoms with E-state index >= 15 is 0 Å². The molecule has 0 N–H and O–H groups in total. The fraction of sp³-hybridized carbons (Fsp3) is 0.818. The highest BCUT2D eigenvalue weighted by molar-refractivity contribution is 8.00. The molecule has 9 nitrogen and oxygen atoms in total. The molecule has 286 valence electrons. The summed E-state index contributed by atoms with van der Waals surface area (Å²) in [6.07, 6.45) is -17.9. The van der Waals surface area contributed by atoms with E-state index in [1.807, 2.05) is 0 Å². The number of esters is 4. The van der Waals surface area contributed by atoms with E-state index in [0.29, 0.717) is 27.7 Å². The molecule has 0 spiro atoms. The van der Waals surface area contributed by atoms with E-state index in [1.165, 1.54) is 0 Å². The molecule has 1 fully saturated rings. The van der Waals surface area contributed by atoms with Gasteiger partial charge in [-0.15, -0.1) is 0 Å². The van der Waals surface area contributed by atoms with Crippen molar-refractivity contribution in [1.29, 1.82) is 0 Å². The summed E-state index contributed by atoms with van der Waals surface area (Å²) in [5.41, 5.74) is -3.29. The number of alkyl halides is 17. The number of rotatable bonds is 13. The highest BCUT2D eigenvalue weighted by Crippen LogP contribution is 2.65. The van der Waals surface area contributed by atoms with Crippen molar-refractivity contribution in [1.82, 2.24) is 0 Å². The number of halogens is 17. The first kappa shape index (κ1) is 44.0. The molecule has 1 saturated heterocycles. The Morgan fingerprint density at radius 3 is 1.22 bits per heavy atom. The molecule has 27 heteroatoms. The van der Waals surface area contributed by atoms with Crippen molar-refractivity contribution in [3.8, 4) is 0 Å². The minimum Gasteiger partial charge on any atom is -0.463 e. The Morgan fingerprint density at radius 2 is 0.857 bits per heavy atom. The zero-order valence-electron chi connectivity index (χ0n) is 24.1. The van der Waals surface area contributed by atoms with Crippen molar-refractivity contribution < 1.29 is 117 Å². The van der Waals surface area contributed by atoms with Crippen LogP contribution < -0.4 is 0 Å². The Kier molecular flexibility index (Phi) is 12.5. The molecule has 0 aromatic carbocycles. The summed E-state index contributed by atoms with van der Waals surface area (Å²) >= 11 is -2.19. The summed E-state index contributed by atoms with van der Waals surface area (Å²) in [6.45, 7) is 0.925. The molecule has 1 rings (SSSR count). The van der Waals surface area contributed by atoms with Crippen LogP contribution in [0.4, 0.5) is 74.6 Å². The van der Waals surface area contributed by atoms with Crippen LogP contribution in [0.3, 0.4) is 0 Å². The van der Waals surface area contributed by atoms with Gasteiger partial charge < -0.3 is 23.7 Å². The SMILES string of the molecule is CC(=O)OC[C@H]1O[C@@H](SC(F)(F)C(F)(F)C(F)(F)C(F)(F)C(F)(F)C(F)(F)C(F)(F)C(F)(F)F)[C@H](OC(C)=O)[C@@H](OC(C)=O)[C@H]1OC(C)=O. The second kappa shape index (κ2) is 14.0. The lowest BCUT2D eigenvalue weighted by Crippen LogP contribution is -2.74. The molecule has 0 unspecified atom stereocenters. The molecule has 1 aliphatic rings. The van der Waals surface area contributed by atoms with Crippen molar-refractivity contribution in [2.45, 2.75) is 105 Å². The van der Waals surface area contributed by atoms with Crippen LogP contribution in [0.2, 0.25) is 0 Å². The molecule has 0 aliphatic carbocycles. The first-order valence-corrected chi connectivity index (χ1v) is 13.1. The minimum absolute atomic E-state index is 0.415. The van der Waals surface area contributed by atoms with Crippen LogP contribution in [0.25, 0.3) is 0 Å². The lowest BCUT2D eigenvalue weighted by molar-refractivity contribution is -0.458. The molecule has 1 heterocycles. The van der Waals surface area contributed by atoms with E-state index in [2.05, 4.69) is 14.2 Å². The maximum absolute atomic E-state index is 14.9. The predicted octanol–water partition coefficient (Wildman–Crippen LogP) is 5.77. The largest absolute Gasteiger partial charge is 0.463 e. The zero-order chi connectivity index (χ0) is 39.1. The number of thioether (sulfide) groups is 1. The minimum atomic E-state index is -8.87. The van der Waals surface area contributed by atoms with Gasteiger partial charge in [-0.1, -0.05) is 0 Å². The van der Waals surface area contributed by atoms with Gasteiger partial charge in [0.05, 0.1) is 0 Å². The summed E-state index contributed by atoms with van der Waals surface area (Å²) in [4.78, 5) is 46.3. The quantitative estimate of drug-likeness (QED) is 0.130. The molecule has 49 heavy (non-hydrogen) atoms. The second-order valence-corrected chi connectivity index (χ2v) is 10.9. The summed E-state index contributed by atoms with van der Waals surface area (Å²) in [5.74, 6) is -57.4. The molecular formula is C22H19F17O9S. The first-order valence-electron chi connectivity index (χ1n) is 12.2. The number of carbonyl (C=O) groups is 4. The summed E-state index contributed by atoms with van der Waals surface area (Å²) in [5, 5.41) is -7.11. The van der Waals surface area contributed by atoms with E-state index in [4.69, 9.17) is 9.47 Å². The van der Waals surface area contributed by atoms with E-state index in [-0.39, 0.29) is 0 Å². The summed E-state index contributed by atoms with van der Waals surface area (Å²) < 4.78 is 257. The van der Waals surface area contributed by atoms with Gasteiger partial charge in [0.25, 0.3) is 0 Å². The predicted molar refractivity (Wildman–Crippen MR) is 120 cm³/mol. The van der Waals surface area contributed by atoms with Gasteiger partial charge in [-0.05, 0) is 11.8 Å². The molecule has 1 aliphatic heterocycles. The topological polar surface area (TPSA) is 114 Å². The summed E-state index contributed by atoms with van der Waals surface area (Å²) in [6, 6.07) is 0. The van der Waals surface area contributed by atoms with Crippen LogP contribution in [-0.2, 0) is 42.9 Å². The molecule has 0 saturated carbocycles. The maximum Gasteiger partial charge on any atom is 0.460 e. The highest BCUT2D eigenvalue weighted by atomic mass is 32.2. The van der Waals surface area contributed by atoms with E-state index in [9.17, 15) is 93.8 Å². The van der Waals surface area contributed by atoms with Gasteiger partial charge in [-0.2, -0.15) is 74.6 Å². The van der Waals surface area contributed by atoms with Crippen molar-refractivity contribution >= 4 is 35.6 Å². The molecule has 0 bridgehead atoms. The first-order chi connectivity index (χ1) is 21.5. The van der Waals surface area contributed by atoms with Gasteiger partial charge in [0.15, 0.2) is 18.3 Å². The lowest BCUT2D eigenvalue weighted by atomic mass is 9.91. The zero-order valence-corrected chi connectivity index (χ0v) is 24.9. The molecule has 0 aromatic heterocycles. The van der Waals surface area contributed by atoms with Crippen LogP contribution in [0.15, 0.2) is 0 Å². The number of hydrogen-bond acceptors (Lipinski definition) is 10. The average Bonchev–Trinajstić information content (AvgIpc) is 2.88. The van der Waals surface area contributed by atoms with Crippen molar-refractivity contribution in [2.75, 3.05) is 6.61 Å². The van der Waals surface area contributed by atoms with Gasteiger partial charge in [0.2, 0.25) is 0 Å². The Bertz CT molecular complexity index is 1260. The van der Waals surface area contributed by atoms with E-state index < -0.39 is 119 Å². The number of carbonyl (C=O) groups excluding carboxylic acids is 4. The molecular weight excluding hydrogens is 763 g/mol. The van der Waals surface area contributed by atoms with Gasteiger partial charge in [0.1, 0.15) is 18.1 Å². The lowest BCUT2D eigenvalue weighted by Gasteiger charge is -2.46. The van der Waals surface area contributed by atoms with Crippen molar-refractivity contribution in [3.63, 3.8) is 0 Å². The third-order valence-electron chi connectivity index (χ3n) is 5.91. The van der Waals surface area contributed by atoms with Crippen LogP contribution >= 0.6 is 11.8 Å².